The van der Waals surface area contributed by atoms with Crippen molar-refractivity contribution in [3.05, 3.63) is 58.2 Å². The molecule has 0 unspecified atom stereocenters. The highest BCUT2D eigenvalue weighted by atomic mass is 19.1. The molecule has 2 aliphatic rings. The van der Waals surface area contributed by atoms with Gasteiger partial charge in [0.15, 0.2) is 0 Å². The van der Waals surface area contributed by atoms with E-state index in [0.717, 1.165) is 31.2 Å². The zero-order valence-corrected chi connectivity index (χ0v) is 17.2. The van der Waals surface area contributed by atoms with Crippen molar-refractivity contribution >= 4 is 11.8 Å². The highest BCUT2D eigenvalue weighted by Crippen LogP contribution is 2.31. The van der Waals surface area contributed by atoms with Crippen molar-refractivity contribution in [3.8, 4) is 0 Å². The maximum absolute atomic E-state index is 14.4. The Kier molecular flexibility index (Phi) is 5.43. The molecule has 6 heteroatoms. The van der Waals surface area contributed by atoms with Gasteiger partial charge in [0.05, 0.1) is 6.54 Å². The summed E-state index contributed by atoms with van der Waals surface area (Å²) in [5, 5.41) is 0. The van der Waals surface area contributed by atoms with Crippen LogP contribution in [-0.4, -0.2) is 52.4 Å². The topological polar surface area (TPSA) is 45.6 Å². The molecule has 2 heterocycles. The predicted octanol–water partition coefficient (Wildman–Crippen LogP) is 3.17. The first-order chi connectivity index (χ1) is 14.0. The Bertz CT molecular complexity index is 942. The molecule has 29 heavy (non-hydrogen) atoms. The van der Waals surface area contributed by atoms with Gasteiger partial charge in [-0.1, -0.05) is 18.2 Å². The lowest BCUT2D eigenvalue weighted by Crippen LogP contribution is -2.50. The van der Waals surface area contributed by atoms with E-state index in [2.05, 4.69) is 4.57 Å². The third kappa shape index (κ3) is 3.68. The summed E-state index contributed by atoms with van der Waals surface area (Å²) < 4.78 is 16.4. The number of carbonyl (C=O) groups excluding carboxylic acids is 2. The van der Waals surface area contributed by atoms with Crippen LogP contribution in [-0.2, 0) is 24.2 Å². The molecule has 0 saturated carbocycles. The quantitative estimate of drug-likeness (QED) is 0.799. The molecule has 1 aliphatic heterocycles. The lowest BCUT2D eigenvalue weighted by Gasteiger charge is -2.34. The van der Waals surface area contributed by atoms with Crippen LogP contribution < -0.4 is 0 Å². The Morgan fingerprint density at radius 2 is 1.66 bits per heavy atom. The zero-order chi connectivity index (χ0) is 20.5. The van der Waals surface area contributed by atoms with Gasteiger partial charge in [0.1, 0.15) is 11.5 Å². The van der Waals surface area contributed by atoms with Crippen LogP contribution in [0.5, 0.6) is 0 Å². The lowest BCUT2D eigenvalue weighted by molar-refractivity contribution is -0.130. The van der Waals surface area contributed by atoms with E-state index in [1.807, 2.05) is 17.9 Å². The van der Waals surface area contributed by atoms with Crippen LogP contribution in [0.1, 0.15) is 52.6 Å². The Labute approximate surface area is 171 Å². The fourth-order valence-corrected chi connectivity index (χ4v) is 4.69. The summed E-state index contributed by atoms with van der Waals surface area (Å²) in [7, 11) is 0. The summed E-state index contributed by atoms with van der Waals surface area (Å²) in [6.45, 7) is 6.16. The van der Waals surface area contributed by atoms with E-state index in [0.29, 0.717) is 44.0 Å². The van der Waals surface area contributed by atoms with E-state index in [9.17, 15) is 14.0 Å². The molecule has 0 radical (unpaired) electrons. The summed E-state index contributed by atoms with van der Waals surface area (Å²) in [5.74, 6) is -0.194. The monoisotopic (exact) mass is 397 g/mol. The Hall–Kier alpha value is -2.63. The molecule has 1 aromatic carbocycles. The van der Waals surface area contributed by atoms with Gasteiger partial charge in [0.2, 0.25) is 5.91 Å². The average Bonchev–Trinajstić information content (AvgIpc) is 3.01. The van der Waals surface area contributed by atoms with Gasteiger partial charge in [-0.05, 0) is 49.8 Å². The highest BCUT2D eigenvalue weighted by molar-refractivity contribution is 5.95. The summed E-state index contributed by atoms with van der Waals surface area (Å²) in [4.78, 5) is 28.7. The molecular weight excluding hydrogens is 369 g/mol. The van der Waals surface area contributed by atoms with Gasteiger partial charge in [0, 0.05) is 44.4 Å². The number of nitrogens with zero attached hydrogens (tertiary/aromatic N) is 3. The molecule has 154 valence electrons. The minimum atomic E-state index is -0.239. The Balaban J connectivity index is 1.69. The number of benzene rings is 1. The maximum Gasteiger partial charge on any atom is 0.270 e. The number of amides is 2. The molecule has 1 aromatic heterocycles. The number of carbonyl (C=O) groups is 2. The van der Waals surface area contributed by atoms with Gasteiger partial charge in [-0.2, -0.15) is 0 Å². The van der Waals surface area contributed by atoms with E-state index in [-0.39, 0.29) is 17.6 Å². The van der Waals surface area contributed by atoms with Gasteiger partial charge in [-0.25, -0.2) is 4.39 Å². The first-order valence-electron chi connectivity index (χ1n) is 10.5. The van der Waals surface area contributed by atoms with Crippen LogP contribution in [0.3, 0.4) is 0 Å². The van der Waals surface area contributed by atoms with Gasteiger partial charge in [-0.15, -0.1) is 0 Å². The molecule has 1 aliphatic carbocycles. The molecule has 2 amide bonds. The number of piperazine rings is 1. The summed E-state index contributed by atoms with van der Waals surface area (Å²) in [6.07, 6.45) is 4.13. The third-order valence-corrected chi connectivity index (χ3v) is 6.34. The lowest BCUT2D eigenvalue weighted by atomic mass is 9.95. The standard InChI is InChI=1S/C23H28FN3O2/c1-16-19-8-4-6-10-21(19)27(15-18-7-3-5-9-20(18)24)22(16)23(29)26-13-11-25(12-14-26)17(2)28/h3,5,7,9H,4,6,8,10-15H2,1-2H3. The molecule has 1 fully saturated rings. The van der Waals surface area contributed by atoms with E-state index < -0.39 is 0 Å². The van der Waals surface area contributed by atoms with Crippen LogP contribution in [0.2, 0.25) is 0 Å². The Morgan fingerprint density at radius 3 is 2.34 bits per heavy atom. The molecule has 0 bridgehead atoms. The molecule has 2 aromatic rings. The van der Waals surface area contributed by atoms with Gasteiger partial charge in [-0.3, -0.25) is 9.59 Å². The second-order valence-corrected chi connectivity index (χ2v) is 8.08. The molecule has 1 saturated heterocycles. The number of rotatable bonds is 3. The minimum Gasteiger partial charge on any atom is -0.339 e. The Morgan fingerprint density at radius 1 is 1.00 bits per heavy atom. The molecule has 0 atom stereocenters. The smallest absolute Gasteiger partial charge is 0.270 e. The highest BCUT2D eigenvalue weighted by Gasteiger charge is 2.31. The summed E-state index contributed by atoms with van der Waals surface area (Å²) >= 11 is 0. The van der Waals surface area contributed by atoms with Crippen molar-refractivity contribution in [1.82, 2.24) is 14.4 Å². The number of hydrogen-bond donors (Lipinski definition) is 0. The number of halogens is 1. The molecular formula is C23H28FN3O2. The molecule has 4 rings (SSSR count). The van der Waals surface area contributed by atoms with E-state index >= 15 is 0 Å². The van der Waals surface area contributed by atoms with Crippen LogP contribution in [0.4, 0.5) is 4.39 Å². The number of aromatic nitrogens is 1. The van der Waals surface area contributed by atoms with E-state index in [1.165, 1.54) is 17.3 Å². The largest absolute Gasteiger partial charge is 0.339 e. The maximum atomic E-state index is 14.4. The van der Waals surface area contributed by atoms with Crippen molar-refractivity contribution < 1.29 is 14.0 Å². The van der Waals surface area contributed by atoms with Crippen LogP contribution in [0, 0.1) is 12.7 Å². The second kappa shape index (κ2) is 8.01. The van der Waals surface area contributed by atoms with Crippen molar-refractivity contribution in [2.45, 2.75) is 46.1 Å². The minimum absolute atomic E-state index is 0.00330. The summed E-state index contributed by atoms with van der Waals surface area (Å²) in [5.41, 5.74) is 4.78. The van der Waals surface area contributed by atoms with Crippen molar-refractivity contribution in [2.24, 2.45) is 0 Å². The second-order valence-electron chi connectivity index (χ2n) is 8.08. The van der Waals surface area contributed by atoms with Crippen LogP contribution >= 0.6 is 0 Å². The fourth-order valence-electron chi connectivity index (χ4n) is 4.69. The number of hydrogen-bond acceptors (Lipinski definition) is 2. The summed E-state index contributed by atoms with van der Waals surface area (Å²) in [6, 6.07) is 6.79. The van der Waals surface area contributed by atoms with Crippen LogP contribution in [0.25, 0.3) is 0 Å². The SMILES string of the molecule is CC(=O)N1CCN(C(=O)c2c(C)c3c(n2Cc2ccccc2F)CCCC3)CC1. The van der Waals surface area contributed by atoms with Gasteiger partial charge in [0.25, 0.3) is 5.91 Å². The fraction of sp³-hybridized carbons (Fsp3) is 0.478. The van der Waals surface area contributed by atoms with Crippen molar-refractivity contribution in [2.75, 3.05) is 26.2 Å². The first-order valence-corrected chi connectivity index (χ1v) is 10.5. The van der Waals surface area contributed by atoms with Crippen molar-refractivity contribution in [3.63, 3.8) is 0 Å². The van der Waals surface area contributed by atoms with Gasteiger partial charge >= 0.3 is 0 Å². The zero-order valence-electron chi connectivity index (χ0n) is 17.2. The predicted molar refractivity (Wildman–Crippen MR) is 109 cm³/mol. The first kappa shape index (κ1) is 19.7. The normalized spacial score (nSPS) is 16.7. The molecule has 5 nitrogen and oxygen atoms in total. The van der Waals surface area contributed by atoms with Gasteiger partial charge < -0.3 is 14.4 Å². The third-order valence-electron chi connectivity index (χ3n) is 6.34. The van der Waals surface area contributed by atoms with Crippen LogP contribution in [0.15, 0.2) is 24.3 Å². The van der Waals surface area contributed by atoms with E-state index in [1.54, 1.807) is 24.0 Å². The molecule has 0 spiro atoms. The van der Waals surface area contributed by atoms with Crippen molar-refractivity contribution in [1.29, 1.82) is 0 Å². The molecule has 0 N–H and O–H groups in total. The number of fused-ring (bicyclic) bond motifs is 1. The average molecular weight is 397 g/mol. The van der Waals surface area contributed by atoms with E-state index in [4.69, 9.17) is 0 Å².